The van der Waals surface area contributed by atoms with E-state index in [0.29, 0.717) is 19.6 Å². The first kappa shape index (κ1) is 14.5. The second-order valence-electron chi connectivity index (χ2n) is 4.72. The van der Waals surface area contributed by atoms with Crippen molar-refractivity contribution in [3.05, 3.63) is 30.3 Å². The van der Waals surface area contributed by atoms with Gasteiger partial charge in [0, 0.05) is 18.8 Å². The zero-order chi connectivity index (χ0) is 14.4. The average molecular weight is 276 g/mol. The molecule has 0 aromatic heterocycles. The normalized spacial score (nSPS) is 18.9. The van der Waals surface area contributed by atoms with Crippen molar-refractivity contribution in [2.24, 2.45) is 0 Å². The van der Waals surface area contributed by atoms with Crippen LogP contribution in [0.3, 0.4) is 0 Å². The number of amides is 2. The molecule has 1 saturated heterocycles. The van der Waals surface area contributed by atoms with Gasteiger partial charge in [-0.1, -0.05) is 18.2 Å². The van der Waals surface area contributed by atoms with Gasteiger partial charge in [0.2, 0.25) is 11.8 Å². The Labute approximate surface area is 118 Å². The third-order valence-electron chi connectivity index (χ3n) is 3.28. The number of hydrogen-bond acceptors (Lipinski definition) is 3. The Balaban J connectivity index is 1.98. The molecule has 5 heteroatoms. The van der Waals surface area contributed by atoms with Crippen LogP contribution in [-0.4, -0.2) is 37.6 Å². The van der Waals surface area contributed by atoms with Crippen molar-refractivity contribution >= 4 is 17.5 Å². The van der Waals surface area contributed by atoms with Crippen LogP contribution in [0.4, 0.5) is 5.69 Å². The van der Waals surface area contributed by atoms with Gasteiger partial charge < -0.3 is 15.0 Å². The van der Waals surface area contributed by atoms with E-state index in [1.807, 2.05) is 37.3 Å². The second-order valence-corrected chi connectivity index (χ2v) is 4.72. The van der Waals surface area contributed by atoms with Gasteiger partial charge in [0.25, 0.3) is 0 Å². The van der Waals surface area contributed by atoms with Gasteiger partial charge in [0.1, 0.15) is 12.6 Å². The van der Waals surface area contributed by atoms with E-state index < -0.39 is 6.04 Å². The zero-order valence-electron chi connectivity index (χ0n) is 11.7. The number of anilines is 1. The lowest BCUT2D eigenvalue weighted by molar-refractivity contribution is -0.131. The predicted octanol–water partition coefficient (Wildman–Crippen LogP) is 1.33. The number of piperidine rings is 1. The number of nitrogens with one attached hydrogen (secondary N) is 1. The summed E-state index contributed by atoms with van der Waals surface area (Å²) in [6.45, 7) is 3.02. The van der Waals surface area contributed by atoms with Crippen molar-refractivity contribution in [3.8, 4) is 0 Å². The summed E-state index contributed by atoms with van der Waals surface area (Å²) in [6.07, 6.45) is 1.56. The first-order chi connectivity index (χ1) is 9.72. The molecule has 2 rings (SSSR count). The van der Waals surface area contributed by atoms with E-state index in [9.17, 15) is 9.59 Å². The Hall–Kier alpha value is -1.88. The van der Waals surface area contributed by atoms with Crippen LogP contribution in [0, 0.1) is 0 Å². The number of ether oxygens (including phenoxy) is 1. The van der Waals surface area contributed by atoms with Gasteiger partial charge in [0.15, 0.2) is 0 Å². The highest BCUT2D eigenvalue weighted by Gasteiger charge is 2.30. The quantitative estimate of drug-likeness (QED) is 0.882. The number of hydrogen-bond donors (Lipinski definition) is 1. The Morgan fingerprint density at radius 2 is 2.15 bits per heavy atom. The zero-order valence-corrected chi connectivity index (χ0v) is 11.7. The number of nitrogens with zero attached hydrogens (tertiary/aromatic N) is 1. The fourth-order valence-corrected chi connectivity index (χ4v) is 2.30. The standard InChI is InChI=1S/C15H20N2O3/c1-2-20-11-14(18)16-13-9-6-10-17(15(13)19)12-7-4-3-5-8-12/h3-5,7-8,13H,2,6,9-11H2,1H3,(H,16,18)/t13-/m1/s1. The summed E-state index contributed by atoms with van der Waals surface area (Å²) in [5.41, 5.74) is 0.876. The minimum absolute atomic E-state index is 0.00557. The summed E-state index contributed by atoms with van der Waals surface area (Å²) in [6, 6.07) is 9.08. The highest BCUT2D eigenvalue weighted by Crippen LogP contribution is 2.20. The molecule has 1 N–H and O–H groups in total. The Bertz CT molecular complexity index is 461. The van der Waals surface area contributed by atoms with Crippen LogP contribution in [-0.2, 0) is 14.3 Å². The van der Waals surface area contributed by atoms with Crippen molar-refractivity contribution in [2.75, 3.05) is 24.7 Å². The average Bonchev–Trinajstić information content (AvgIpc) is 2.48. The lowest BCUT2D eigenvalue weighted by atomic mass is 10.0. The topological polar surface area (TPSA) is 58.6 Å². The Kier molecular flexibility index (Phi) is 5.12. The van der Waals surface area contributed by atoms with Gasteiger partial charge in [-0.3, -0.25) is 9.59 Å². The van der Waals surface area contributed by atoms with Crippen LogP contribution in [0.15, 0.2) is 30.3 Å². The maximum absolute atomic E-state index is 12.4. The number of rotatable bonds is 5. The number of para-hydroxylation sites is 1. The van der Waals surface area contributed by atoms with Crippen LogP contribution in [0.2, 0.25) is 0 Å². The van der Waals surface area contributed by atoms with E-state index in [4.69, 9.17) is 4.74 Å². The monoisotopic (exact) mass is 276 g/mol. The van der Waals surface area contributed by atoms with Gasteiger partial charge >= 0.3 is 0 Å². The molecule has 20 heavy (non-hydrogen) atoms. The van der Waals surface area contributed by atoms with Gasteiger partial charge in [0.05, 0.1) is 0 Å². The van der Waals surface area contributed by atoms with Crippen molar-refractivity contribution in [3.63, 3.8) is 0 Å². The fraction of sp³-hybridized carbons (Fsp3) is 0.467. The van der Waals surface area contributed by atoms with Crippen LogP contribution >= 0.6 is 0 Å². The fourth-order valence-electron chi connectivity index (χ4n) is 2.30. The molecule has 1 aliphatic heterocycles. The molecule has 1 fully saturated rings. The molecule has 0 spiro atoms. The first-order valence-electron chi connectivity index (χ1n) is 6.96. The van der Waals surface area contributed by atoms with E-state index in [2.05, 4.69) is 5.32 Å². The minimum Gasteiger partial charge on any atom is -0.372 e. The van der Waals surface area contributed by atoms with E-state index in [-0.39, 0.29) is 18.4 Å². The predicted molar refractivity (Wildman–Crippen MR) is 76.5 cm³/mol. The number of benzene rings is 1. The van der Waals surface area contributed by atoms with E-state index in [1.54, 1.807) is 4.90 Å². The number of carbonyl (C=O) groups excluding carboxylic acids is 2. The summed E-state index contributed by atoms with van der Waals surface area (Å²) < 4.78 is 5.05. The van der Waals surface area contributed by atoms with Crippen molar-refractivity contribution in [1.82, 2.24) is 5.32 Å². The van der Waals surface area contributed by atoms with Gasteiger partial charge in [-0.05, 0) is 31.9 Å². The first-order valence-corrected chi connectivity index (χ1v) is 6.96. The van der Waals surface area contributed by atoms with E-state index in [0.717, 1.165) is 12.1 Å². The lowest BCUT2D eigenvalue weighted by Crippen LogP contribution is -2.53. The summed E-state index contributed by atoms with van der Waals surface area (Å²) in [5.74, 6) is -0.285. The van der Waals surface area contributed by atoms with Crippen LogP contribution in [0.1, 0.15) is 19.8 Å². The second kappa shape index (κ2) is 7.05. The molecule has 1 atom stereocenters. The van der Waals surface area contributed by atoms with Crippen LogP contribution in [0.5, 0.6) is 0 Å². The van der Waals surface area contributed by atoms with E-state index in [1.165, 1.54) is 0 Å². The SMILES string of the molecule is CCOCC(=O)N[C@@H]1CCCN(c2ccccc2)C1=O. The minimum atomic E-state index is -0.447. The molecular weight excluding hydrogens is 256 g/mol. The molecule has 1 heterocycles. The molecule has 0 saturated carbocycles. The largest absolute Gasteiger partial charge is 0.372 e. The highest BCUT2D eigenvalue weighted by atomic mass is 16.5. The maximum Gasteiger partial charge on any atom is 0.249 e. The van der Waals surface area contributed by atoms with Crippen molar-refractivity contribution < 1.29 is 14.3 Å². The molecule has 108 valence electrons. The Morgan fingerprint density at radius 3 is 2.85 bits per heavy atom. The molecule has 1 aromatic rings. The summed E-state index contributed by atoms with van der Waals surface area (Å²) in [5, 5.41) is 2.75. The van der Waals surface area contributed by atoms with E-state index >= 15 is 0 Å². The molecular formula is C15H20N2O3. The van der Waals surface area contributed by atoms with Gasteiger partial charge in [-0.25, -0.2) is 0 Å². The third kappa shape index (κ3) is 3.57. The molecule has 0 aliphatic carbocycles. The molecule has 2 amide bonds. The van der Waals surface area contributed by atoms with Crippen LogP contribution in [0.25, 0.3) is 0 Å². The molecule has 0 radical (unpaired) electrons. The Morgan fingerprint density at radius 1 is 1.40 bits per heavy atom. The van der Waals surface area contributed by atoms with Gasteiger partial charge in [-0.15, -0.1) is 0 Å². The molecule has 5 nitrogen and oxygen atoms in total. The van der Waals surface area contributed by atoms with Crippen molar-refractivity contribution in [1.29, 1.82) is 0 Å². The summed E-state index contributed by atoms with van der Waals surface area (Å²) >= 11 is 0. The maximum atomic E-state index is 12.4. The molecule has 1 aliphatic rings. The van der Waals surface area contributed by atoms with Crippen LogP contribution < -0.4 is 10.2 Å². The smallest absolute Gasteiger partial charge is 0.249 e. The summed E-state index contributed by atoms with van der Waals surface area (Å²) in [4.78, 5) is 25.8. The molecule has 1 aromatic carbocycles. The van der Waals surface area contributed by atoms with Crippen molar-refractivity contribution in [2.45, 2.75) is 25.8 Å². The summed E-state index contributed by atoms with van der Waals surface area (Å²) in [7, 11) is 0. The number of carbonyl (C=O) groups is 2. The highest BCUT2D eigenvalue weighted by molar-refractivity contribution is 5.99. The molecule has 0 unspecified atom stereocenters. The lowest BCUT2D eigenvalue weighted by Gasteiger charge is -2.32. The molecule has 0 bridgehead atoms. The van der Waals surface area contributed by atoms with Gasteiger partial charge in [-0.2, -0.15) is 0 Å². The third-order valence-corrected chi connectivity index (χ3v) is 3.28.